The Balaban J connectivity index is 1.65. The zero-order valence-corrected chi connectivity index (χ0v) is 17.8. The van der Waals surface area contributed by atoms with Crippen molar-refractivity contribution in [2.45, 2.75) is 31.6 Å². The fraction of sp³-hybridized carbons (Fsp3) is 0.231. The van der Waals surface area contributed by atoms with Crippen LogP contribution in [0.25, 0.3) is 22.7 Å². The van der Waals surface area contributed by atoms with Gasteiger partial charge >= 0.3 is 0 Å². The van der Waals surface area contributed by atoms with Gasteiger partial charge in [-0.1, -0.05) is 55.3 Å². The van der Waals surface area contributed by atoms with E-state index in [1.165, 1.54) is 19.2 Å². The van der Waals surface area contributed by atoms with Gasteiger partial charge in [-0.25, -0.2) is 9.50 Å². The van der Waals surface area contributed by atoms with E-state index < -0.39 is 0 Å². The van der Waals surface area contributed by atoms with Gasteiger partial charge in [-0.05, 0) is 42.7 Å². The number of aromatic nitrogens is 3. The van der Waals surface area contributed by atoms with Crippen molar-refractivity contribution in [3.8, 4) is 22.6 Å². The maximum absolute atomic E-state index is 9.49. The highest BCUT2D eigenvalue weighted by atomic mass is 16.5. The smallest absolute Gasteiger partial charge is 0.152 e. The van der Waals surface area contributed by atoms with Crippen molar-refractivity contribution in [2.75, 3.05) is 12.3 Å². The molecule has 1 fully saturated rings. The molecule has 1 aliphatic carbocycles. The van der Waals surface area contributed by atoms with Crippen LogP contribution in [0.5, 0.6) is 11.5 Å². The highest BCUT2D eigenvalue weighted by molar-refractivity contribution is 5.95. The van der Waals surface area contributed by atoms with Crippen LogP contribution < -0.4 is 10.5 Å². The summed E-state index contributed by atoms with van der Waals surface area (Å²) < 4.78 is 7.92. The first-order chi connectivity index (χ1) is 15.8. The molecule has 1 saturated carbocycles. The van der Waals surface area contributed by atoms with Crippen molar-refractivity contribution >= 4 is 17.4 Å². The van der Waals surface area contributed by atoms with Crippen LogP contribution in [0.15, 0.2) is 67.0 Å². The van der Waals surface area contributed by atoms with Crippen molar-refractivity contribution < 1.29 is 9.84 Å². The molecule has 3 N–H and O–H groups in total. The second-order valence-electron chi connectivity index (χ2n) is 8.09. The minimum absolute atomic E-state index is 0.0270. The first-order valence-corrected chi connectivity index (χ1v) is 11.0. The van der Waals surface area contributed by atoms with E-state index in [1.54, 1.807) is 6.08 Å². The lowest BCUT2D eigenvalue weighted by Crippen LogP contribution is -2.05. The van der Waals surface area contributed by atoms with Crippen molar-refractivity contribution in [3.63, 3.8) is 0 Å². The molecule has 5 rings (SSSR count). The number of nitrogen functional groups attached to an aromatic ring is 1. The Bertz CT molecular complexity index is 1240. The monoisotopic (exact) mass is 426 g/mol. The Morgan fingerprint density at radius 1 is 1.03 bits per heavy atom. The van der Waals surface area contributed by atoms with Crippen LogP contribution in [0.4, 0.5) is 5.82 Å². The highest BCUT2D eigenvalue weighted by Gasteiger charge is 2.28. The molecule has 0 saturated heterocycles. The van der Waals surface area contributed by atoms with E-state index in [0.717, 1.165) is 52.2 Å². The lowest BCUT2D eigenvalue weighted by atomic mass is 9.94. The SMILES string of the molecule is Nc1ncnn2c(C3CCCC3)c(C=CCO)c(-c3ccc(Oc4ccccc4)cc3)c12. The molecule has 0 spiro atoms. The van der Waals surface area contributed by atoms with Crippen LogP contribution in [0, 0.1) is 0 Å². The average molecular weight is 427 g/mol. The number of benzene rings is 2. The molecule has 2 aromatic carbocycles. The molecule has 0 amide bonds. The molecule has 0 radical (unpaired) electrons. The fourth-order valence-corrected chi connectivity index (χ4v) is 4.69. The van der Waals surface area contributed by atoms with E-state index in [0.29, 0.717) is 11.7 Å². The molecule has 4 aromatic rings. The molecule has 32 heavy (non-hydrogen) atoms. The molecular formula is C26H26N4O2. The van der Waals surface area contributed by atoms with Crippen molar-refractivity contribution in [1.82, 2.24) is 14.6 Å². The van der Waals surface area contributed by atoms with Crippen molar-refractivity contribution in [3.05, 3.63) is 78.3 Å². The Morgan fingerprint density at radius 2 is 1.75 bits per heavy atom. The van der Waals surface area contributed by atoms with Gasteiger partial charge in [-0.3, -0.25) is 0 Å². The van der Waals surface area contributed by atoms with Crippen molar-refractivity contribution in [2.24, 2.45) is 0 Å². The van der Waals surface area contributed by atoms with Gasteiger partial charge in [0.15, 0.2) is 5.82 Å². The number of aliphatic hydroxyl groups excluding tert-OH is 1. The second-order valence-corrected chi connectivity index (χ2v) is 8.09. The van der Waals surface area contributed by atoms with Crippen LogP contribution in [-0.2, 0) is 0 Å². The summed E-state index contributed by atoms with van der Waals surface area (Å²) in [6.45, 7) is -0.0270. The summed E-state index contributed by atoms with van der Waals surface area (Å²) in [6, 6.07) is 17.7. The van der Waals surface area contributed by atoms with Gasteiger partial charge in [0, 0.05) is 17.0 Å². The largest absolute Gasteiger partial charge is 0.457 e. The molecule has 2 aromatic heterocycles. The third-order valence-electron chi connectivity index (χ3n) is 6.08. The lowest BCUT2D eigenvalue weighted by molar-refractivity contribution is 0.343. The predicted octanol–water partition coefficient (Wildman–Crippen LogP) is 5.43. The van der Waals surface area contributed by atoms with Crippen LogP contribution in [0.2, 0.25) is 0 Å². The number of anilines is 1. The number of ether oxygens (including phenoxy) is 1. The zero-order valence-electron chi connectivity index (χ0n) is 17.8. The Hall–Kier alpha value is -3.64. The molecule has 2 heterocycles. The second kappa shape index (κ2) is 8.85. The molecule has 6 heteroatoms. The molecule has 0 aliphatic heterocycles. The standard InChI is InChI=1S/C26H26N4O2/c27-26-25-23(18-12-14-21(15-13-18)32-20-9-2-1-3-10-20)22(11-6-16-31)24(19-7-4-5-8-19)30(25)29-17-28-26/h1-3,6,9-15,17,19,31H,4-5,7-8,16H2,(H2,27,28,29). The van der Waals surface area contributed by atoms with E-state index in [4.69, 9.17) is 10.5 Å². The van der Waals surface area contributed by atoms with Gasteiger partial charge in [-0.15, -0.1) is 0 Å². The van der Waals surface area contributed by atoms with Crippen LogP contribution >= 0.6 is 0 Å². The Kier molecular flexibility index (Phi) is 5.60. The van der Waals surface area contributed by atoms with Crippen molar-refractivity contribution in [1.29, 1.82) is 0 Å². The summed E-state index contributed by atoms with van der Waals surface area (Å²) in [6.07, 6.45) is 9.95. The summed E-state index contributed by atoms with van der Waals surface area (Å²) in [4.78, 5) is 4.28. The van der Waals surface area contributed by atoms with E-state index in [9.17, 15) is 5.11 Å². The summed E-state index contributed by atoms with van der Waals surface area (Å²) >= 11 is 0. The van der Waals surface area contributed by atoms with Crippen LogP contribution in [-0.4, -0.2) is 26.3 Å². The zero-order chi connectivity index (χ0) is 21.9. The van der Waals surface area contributed by atoms with Gasteiger partial charge in [0.1, 0.15) is 23.3 Å². The number of rotatable bonds is 6. The highest BCUT2D eigenvalue weighted by Crippen LogP contribution is 2.44. The normalized spacial score (nSPS) is 14.5. The molecule has 0 unspecified atom stereocenters. The van der Waals surface area contributed by atoms with Gasteiger partial charge in [0.05, 0.1) is 12.3 Å². The molecule has 0 atom stereocenters. The average Bonchev–Trinajstić information content (AvgIpc) is 3.45. The van der Waals surface area contributed by atoms with E-state index in [1.807, 2.05) is 65.2 Å². The summed E-state index contributed by atoms with van der Waals surface area (Å²) in [5.41, 5.74) is 11.4. The van der Waals surface area contributed by atoms with Gasteiger partial charge in [0.25, 0.3) is 0 Å². The summed E-state index contributed by atoms with van der Waals surface area (Å²) in [5.74, 6) is 2.41. The lowest BCUT2D eigenvalue weighted by Gasteiger charge is -2.11. The number of nitrogens with two attached hydrogens (primary N) is 1. The molecule has 0 bridgehead atoms. The number of aliphatic hydroxyl groups is 1. The quantitative estimate of drug-likeness (QED) is 0.429. The summed E-state index contributed by atoms with van der Waals surface area (Å²) in [5, 5.41) is 14.1. The third-order valence-corrected chi connectivity index (χ3v) is 6.08. The third kappa shape index (κ3) is 3.74. The number of hydrogen-bond donors (Lipinski definition) is 2. The molecular weight excluding hydrogens is 400 g/mol. The molecule has 6 nitrogen and oxygen atoms in total. The minimum atomic E-state index is -0.0270. The molecule has 1 aliphatic rings. The first-order valence-electron chi connectivity index (χ1n) is 11.0. The predicted molar refractivity (Wildman–Crippen MR) is 127 cm³/mol. The van der Waals surface area contributed by atoms with Gasteiger partial charge in [0.2, 0.25) is 0 Å². The number of fused-ring (bicyclic) bond motifs is 1. The van der Waals surface area contributed by atoms with Crippen LogP contribution in [0.3, 0.4) is 0 Å². The van der Waals surface area contributed by atoms with E-state index in [-0.39, 0.29) is 6.61 Å². The first kappa shape index (κ1) is 20.3. The van der Waals surface area contributed by atoms with E-state index in [2.05, 4.69) is 10.1 Å². The minimum Gasteiger partial charge on any atom is -0.457 e. The summed E-state index contributed by atoms with van der Waals surface area (Å²) in [7, 11) is 0. The maximum Gasteiger partial charge on any atom is 0.152 e. The van der Waals surface area contributed by atoms with E-state index >= 15 is 0 Å². The van der Waals surface area contributed by atoms with Gasteiger partial charge < -0.3 is 15.6 Å². The Labute approximate surface area is 187 Å². The maximum atomic E-state index is 9.49. The fourth-order valence-electron chi connectivity index (χ4n) is 4.69. The number of hydrogen-bond acceptors (Lipinski definition) is 5. The Morgan fingerprint density at radius 3 is 2.47 bits per heavy atom. The topological polar surface area (TPSA) is 85.7 Å². The number of nitrogens with zero attached hydrogens (tertiary/aromatic N) is 3. The number of para-hydroxylation sites is 1. The molecule has 162 valence electrons. The van der Waals surface area contributed by atoms with Crippen LogP contribution in [0.1, 0.15) is 42.9 Å². The van der Waals surface area contributed by atoms with Gasteiger partial charge in [-0.2, -0.15) is 5.10 Å².